The SMILES string of the molecule is CN(C)S(=O)(=O)N(CC(=O)NCc1ccccc1F)c1ccc(F)cc1. The fourth-order valence-electron chi connectivity index (χ4n) is 2.13. The number of amides is 1. The molecule has 2 rings (SSSR count). The molecule has 140 valence electrons. The molecule has 26 heavy (non-hydrogen) atoms. The standard InChI is InChI=1S/C17H19F2N3O3S/c1-21(2)26(24,25)22(15-9-7-14(18)8-10-15)12-17(23)20-11-13-5-3-4-6-16(13)19/h3-10H,11-12H2,1-2H3,(H,20,23). The topological polar surface area (TPSA) is 69.7 Å². The van der Waals surface area contributed by atoms with Gasteiger partial charge in [0.1, 0.15) is 18.2 Å². The Balaban J connectivity index is 2.17. The van der Waals surface area contributed by atoms with E-state index >= 15 is 0 Å². The van der Waals surface area contributed by atoms with Gasteiger partial charge in [0.05, 0.1) is 5.69 Å². The second-order valence-electron chi connectivity index (χ2n) is 5.64. The lowest BCUT2D eigenvalue weighted by atomic mass is 10.2. The zero-order chi connectivity index (χ0) is 19.3. The summed E-state index contributed by atoms with van der Waals surface area (Å²) in [6.07, 6.45) is 0. The molecule has 0 aromatic heterocycles. The maximum atomic E-state index is 13.6. The van der Waals surface area contributed by atoms with E-state index < -0.39 is 34.3 Å². The van der Waals surface area contributed by atoms with Crippen molar-refractivity contribution in [1.29, 1.82) is 0 Å². The summed E-state index contributed by atoms with van der Waals surface area (Å²) < 4.78 is 53.5. The molecule has 9 heteroatoms. The summed E-state index contributed by atoms with van der Waals surface area (Å²) >= 11 is 0. The molecule has 0 aliphatic heterocycles. The molecule has 0 radical (unpaired) electrons. The van der Waals surface area contributed by atoms with Crippen molar-refractivity contribution in [3.05, 3.63) is 65.7 Å². The molecule has 1 N–H and O–H groups in total. The number of hydrogen-bond acceptors (Lipinski definition) is 3. The number of benzene rings is 2. The van der Waals surface area contributed by atoms with Crippen molar-refractivity contribution in [3.8, 4) is 0 Å². The van der Waals surface area contributed by atoms with Crippen LogP contribution in [0.3, 0.4) is 0 Å². The van der Waals surface area contributed by atoms with Crippen molar-refractivity contribution in [2.45, 2.75) is 6.54 Å². The summed E-state index contributed by atoms with van der Waals surface area (Å²) in [4.78, 5) is 12.2. The van der Waals surface area contributed by atoms with Crippen molar-refractivity contribution in [2.24, 2.45) is 0 Å². The van der Waals surface area contributed by atoms with Gasteiger partial charge < -0.3 is 5.32 Å². The van der Waals surface area contributed by atoms with Gasteiger partial charge in [-0.15, -0.1) is 0 Å². The van der Waals surface area contributed by atoms with Gasteiger partial charge in [0.2, 0.25) is 5.91 Å². The lowest BCUT2D eigenvalue weighted by molar-refractivity contribution is -0.119. The van der Waals surface area contributed by atoms with Gasteiger partial charge in [0.25, 0.3) is 0 Å². The molecular formula is C17H19F2N3O3S. The van der Waals surface area contributed by atoms with Crippen LogP contribution in [-0.4, -0.2) is 39.3 Å². The van der Waals surface area contributed by atoms with Crippen LogP contribution in [0.15, 0.2) is 48.5 Å². The molecule has 0 heterocycles. The first-order valence-corrected chi connectivity index (χ1v) is 9.07. The quantitative estimate of drug-likeness (QED) is 0.794. The first kappa shape index (κ1) is 19.8. The van der Waals surface area contributed by atoms with Gasteiger partial charge in [-0.2, -0.15) is 12.7 Å². The zero-order valence-electron chi connectivity index (χ0n) is 14.3. The fourth-order valence-corrected chi connectivity index (χ4v) is 3.20. The normalized spacial score (nSPS) is 11.4. The minimum Gasteiger partial charge on any atom is -0.350 e. The maximum Gasteiger partial charge on any atom is 0.304 e. The Bertz CT molecular complexity index is 871. The lowest BCUT2D eigenvalue weighted by Crippen LogP contribution is -2.45. The second-order valence-corrected chi connectivity index (χ2v) is 7.71. The third-order valence-electron chi connectivity index (χ3n) is 3.58. The van der Waals surface area contributed by atoms with Crippen LogP contribution >= 0.6 is 0 Å². The fraction of sp³-hybridized carbons (Fsp3) is 0.235. The molecule has 0 fully saturated rings. The third kappa shape index (κ3) is 4.77. The number of anilines is 1. The first-order valence-electron chi connectivity index (χ1n) is 7.67. The van der Waals surface area contributed by atoms with Crippen LogP contribution < -0.4 is 9.62 Å². The van der Waals surface area contributed by atoms with E-state index in [9.17, 15) is 22.0 Å². The van der Waals surface area contributed by atoms with E-state index in [-0.39, 0.29) is 17.8 Å². The maximum absolute atomic E-state index is 13.6. The molecule has 6 nitrogen and oxygen atoms in total. The van der Waals surface area contributed by atoms with Crippen LogP contribution in [0, 0.1) is 11.6 Å². The van der Waals surface area contributed by atoms with Crippen LogP contribution in [0.25, 0.3) is 0 Å². The molecule has 0 aliphatic rings. The van der Waals surface area contributed by atoms with Crippen LogP contribution in [0.1, 0.15) is 5.56 Å². The van der Waals surface area contributed by atoms with E-state index in [1.54, 1.807) is 6.07 Å². The van der Waals surface area contributed by atoms with E-state index in [4.69, 9.17) is 0 Å². The van der Waals surface area contributed by atoms with Crippen LogP contribution in [0.4, 0.5) is 14.5 Å². The van der Waals surface area contributed by atoms with Gasteiger partial charge in [-0.05, 0) is 30.3 Å². The Labute approximate surface area is 151 Å². The average molecular weight is 383 g/mol. The molecule has 2 aromatic rings. The highest BCUT2D eigenvalue weighted by Crippen LogP contribution is 2.19. The molecule has 0 unspecified atom stereocenters. The van der Waals surface area contributed by atoms with E-state index in [0.717, 1.165) is 20.7 Å². The van der Waals surface area contributed by atoms with Crippen molar-refractivity contribution in [1.82, 2.24) is 9.62 Å². The predicted octanol–water partition coefficient (Wildman–Crippen LogP) is 1.89. The highest BCUT2D eigenvalue weighted by Gasteiger charge is 2.27. The number of nitrogens with one attached hydrogen (secondary N) is 1. The number of carbonyl (C=O) groups excluding carboxylic acids is 1. The summed E-state index contributed by atoms with van der Waals surface area (Å²) in [5.41, 5.74) is 0.422. The van der Waals surface area contributed by atoms with Gasteiger partial charge in [-0.25, -0.2) is 13.1 Å². The monoisotopic (exact) mass is 383 g/mol. The number of rotatable bonds is 7. The highest BCUT2D eigenvalue weighted by molar-refractivity contribution is 7.90. The Morgan fingerprint density at radius 3 is 2.23 bits per heavy atom. The molecular weight excluding hydrogens is 364 g/mol. The van der Waals surface area contributed by atoms with Gasteiger partial charge in [0, 0.05) is 26.2 Å². The average Bonchev–Trinajstić information content (AvgIpc) is 2.59. The highest BCUT2D eigenvalue weighted by atomic mass is 32.2. The summed E-state index contributed by atoms with van der Waals surface area (Å²) in [5.74, 6) is -1.62. The van der Waals surface area contributed by atoms with E-state index in [2.05, 4.69) is 5.32 Å². The Hall–Kier alpha value is -2.52. The zero-order valence-corrected chi connectivity index (χ0v) is 15.1. The second kappa shape index (κ2) is 8.24. The molecule has 1 amide bonds. The summed E-state index contributed by atoms with van der Waals surface area (Å²) in [6, 6.07) is 10.7. The molecule has 0 aliphatic carbocycles. The lowest BCUT2D eigenvalue weighted by Gasteiger charge is -2.26. The first-order chi connectivity index (χ1) is 12.2. The van der Waals surface area contributed by atoms with E-state index in [0.29, 0.717) is 0 Å². The molecule has 0 saturated carbocycles. The van der Waals surface area contributed by atoms with E-state index in [1.165, 1.54) is 44.4 Å². The Morgan fingerprint density at radius 1 is 1.04 bits per heavy atom. The number of hydrogen-bond donors (Lipinski definition) is 1. The predicted molar refractivity (Wildman–Crippen MR) is 94.6 cm³/mol. The van der Waals surface area contributed by atoms with Gasteiger partial charge >= 0.3 is 10.2 Å². The Kier molecular flexibility index (Phi) is 6.27. The van der Waals surface area contributed by atoms with Crippen LogP contribution in [0.5, 0.6) is 0 Å². The summed E-state index contributed by atoms with van der Waals surface area (Å²) in [5, 5.41) is 2.48. The van der Waals surface area contributed by atoms with Crippen molar-refractivity contribution < 1.29 is 22.0 Å². The van der Waals surface area contributed by atoms with E-state index in [1.807, 2.05) is 0 Å². The van der Waals surface area contributed by atoms with Crippen molar-refractivity contribution in [2.75, 3.05) is 24.9 Å². The van der Waals surface area contributed by atoms with Crippen molar-refractivity contribution >= 4 is 21.8 Å². The molecule has 0 saturated heterocycles. The number of carbonyl (C=O) groups is 1. The minimum atomic E-state index is -3.98. The van der Waals surface area contributed by atoms with Crippen LogP contribution in [-0.2, 0) is 21.5 Å². The Morgan fingerprint density at radius 2 is 1.65 bits per heavy atom. The van der Waals surface area contributed by atoms with Gasteiger partial charge in [0.15, 0.2) is 0 Å². The van der Waals surface area contributed by atoms with Gasteiger partial charge in [-0.3, -0.25) is 4.79 Å². The third-order valence-corrected chi connectivity index (χ3v) is 5.40. The molecule has 0 bridgehead atoms. The summed E-state index contributed by atoms with van der Waals surface area (Å²) in [6.45, 7) is -0.606. The molecule has 2 aromatic carbocycles. The van der Waals surface area contributed by atoms with Crippen LogP contribution in [0.2, 0.25) is 0 Å². The largest absolute Gasteiger partial charge is 0.350 e. The molecule has 0 atom stereocenters. The smallest absolute Gasteiger partial charge is 0.304 e. The molecule has 0 spiro atoms. The minimum absolute atomic E-state index is 0.0786. The van der Waals surface area contributed by atoms with Crippen molar-refractivity contribution in [3.63, 3.8) is 0 Å². The number of nitrogens with zero attached hydrogens (tertiary/aromatic N) is 2. The summed E-state index contributed by atoms with van der Waals surface area (Å²) in [7, 11) is -1.34. The van der Waals surface area contributed by atoms with Gasteiger partial charge in [-0.1, -0.05) is 18.2 Å². The number of halogens is 2.